The molecule has 2 heterocycles. The largest absolute Gasteiger partial charge is 0.430 e. The summed E-state index contributed by atoms with van der Waals surface area (Å²) in [5.41, 5.74) is 4.06. The number of ether oxygens (including phenoxy) is 1. The van der Waals surface area contributed by atoms with Crippen molar-refractivity contribution in [2.75, 3.05) is 25.5 Å². The second-order valence-electron chi connectivity index (χ2n) is 7.45. The lowest BCUT2D eigenvalue weighted by atomic mass is 9.84. The van der Waals surface area contributed by atoms with Crippen molar-refractivity contribution in [2.45, 2.75) is 31.5 Å². The standard InChI is InChI=1S/C21H23Cl2N3O2/c1-26-11-17(16-9-14(22)10-19(23)18(16)12-26)13-4-2-5-15(8-13)25-21(27)28-20-6-3-7-24-20/h2,4-5,8-10,17,20,24H,3,6-7,11-12H2,1H3,(H,25,27). The molecule has 0 spiro atoms. The predicted octanol–water partition coefficient (Wildman–Crippen LogP) is 4.83. The van der Waals surface area contributed by atoms with E-state index in [0.717, 1.165) is 49.2 Å². The van der Waals surface area contributed by atoms with E-state index in [1.807, 2.05) is 24.3 Å². The summed E-state index contributed by atoms with van der Waals surface area (Å²) in [6, 6.07) is 11.7. The lowest BCUT2D eigenvalue weighted by Crippen LogP contribution is -2.31. The maximum absolute atomic E-state index is 12.2. The Morgan fingerprint density at radius 1 is 1.29 bits per heavy atom. The molecule has 0 saturated carbocycles. The van der Waals surface area contributed by atoms with E-state index < -0.39 is 6.09 Å². The SMILES string of the molecule is CN1Cc2c(Cl)cc(Cl)cc2C(c2cccc(NC(=O)OC3CCCN3)c2)C1. The predicted molar refractivity (Wildman–Crippen MR) is 112 cm³/mol. The molecule has 2 aliphatic heterocycles. The number of benzene rings is 2. The van der Waals surface area contributed by atoms with Crippen molar-refractivity contribution < 1.29 is 9.53 Å². The van der Waals surface area contributed by atoms with Gasteiger partial charge < -0.3 is 9.64 Å². The van der Waals surface area contributed by atoms with Crippen molar-refractivity contribution in [2.24, 2.45) is 0 Å². The lowest BCUT2D eigenvalue weighted by Gasteiger charge is -2.33. The fourth-order valence-electron chi connectivity index (χ4n) is 3.99. The van der Waals surface area contributed by atoms with Crippen LogP contribution < -0.4 is 10.6 Å². The van der Waals surface area contributed by atoms with Crippen LogP contribution in [0.1, 0.15) is 35.4 Å². The van der Waals surface area contributed by atoms with Crippen molar-refractivity contribution in [1.29, 1.82) is 0 Å². The first-order chi connectivity index (χ1) is 13.5. The fraction of sp³-hybridized carbons (Fsp3) is 0.381. The molecule has 2 aromatic rings. The van der Waals surface area contributed by atoms with Gasteiger partial charge in [-0.2, -0.15) is 0 Å². The molecule has 1 amide bonds. The highest BCUT2D eigenvalue weighted by Crippen LogP contribution is 2.38. The van der Waals surface area contributed by atoms with E-state index in [-0.39, 0.29) is 12.1 Å². The Bertz CT molecular complexity index is 884. The number of hydrogen-bond donors (Lipinski definition) is 2. The average molecular weight is 420 g/mol. The molecule has 0 bridgehead atoms. The van der Waals surface area contributed by atoms with E-state index in [4.69, 9.17) is 27.9 Å². The van der Waals surface area contributed by atoms with Gasteiger partial charge in [0, 0.05) is 34.7 Å². The van der Waals surface area contributed by atoms with Crippen LogP contribution >= 0.6 is 23.2 Å². The number of hydrogen-bond acceptors (Lipinski definition) is 4. The van der Waals surface area contributed by atoms with Gasteiger partial charge in [-0.15, -0.1) is 0 Å². The van der Waals surface area contributed by atoms with Gasteiger partial charge in [0.1, 0.15) is 0 Å². The Kier molecular flexibility index (Phi) is 5.78. The number of halogens is 2. The van der Waals surface area contributed by atoms with Gasteiger partial charge in [-0.1, -0.05) is 35.3 Å². The number of likely N-dealkylation sites (N-methyl/N-ethyl adjacent to an activating group) is 1. The van der Waals surface area contributed by atoms with E-state index in [1.54, 1.807) is 6.07 Å². The zero-order chi connectivity index (χ0) is 19.7. The Hall–Kier alpha value is -1.79. The number of amides is 1. The third-order valence-electron chi connectivity index (χ3n) is 5.29. The van der Waals surface area contributed by atoms with Crippen LogP contribution in [0.4, 0.5) is 10.5 Å². The molecule has 2 aliphatic rings. The summed E-state index contributed by atoms with van der Waals surface area (Å²) in [6.45, 7) is 2.53. The van der Waals surface area contributed by atoms with E-state index in [9.17, 15) is 4.79 Å². The molecule has 5 nitrogen and oxygen atoms in total. The normalized spacial score (nSPS) is 22.0. The summed E-state index contributed by atoms with van der Waals surface area (Å²) in [6.07, 6.45) is 1.22. The maximum atomic E-state index is 12.2. The van der Waals surface area contributed by atoms with E-state index in [0.29, 0.717) is 15.7 Å². The monoisotopic (exact) mass is 419 g/mol. The Labute approximate surface area is 175 Å². The molecular weight excluding hydrogens is 397 g/mol. The fourth-order valence-corrected chi connectivity index (χ4v) is 4.56. The summed E-state index contributed by atoms with van der Waals surface area (Å²) in [5, 5.41) is 7.32. The van der Waals surface area contributed by atoms with Crippen molar-refractivity contribution in [1.82, 2.24) is 10.2 Å². The Morgan fingerprint density at radius 3 is 2.93 bits per heavy atom. The number of anilines is 1. The van der Waals surface area contributed by atoms with Crippen molar-refractivity contribution in [3.05, 3.63) is 63.1 Å². The molecule has 28 heavy (non-hydrogen) atoms. The highest BCUT2D eigenvalue weighted by molar-refractivity contribution is 6.35. The number of carbonyl (C=O) groups excluding carboxylic acids is 1. The smallest absolute Gasteiger partial charge is 0.413 e. The second kappa shape index (κ2) is 8.29. The third-order valence-corrected chi connectivity index (χ3v) is 5.85. The van der Waals surface area contributed by atoms with E-state index >= 15 is 0 Å². The molecular formula is C21H23Cl2N3O2. The summed E-state index contributed by atoms with van der Waals surface area (Å²) < 4.78 is 5.40. The summed E-state index contributed by atoms with van der Waals surface area (Å²) in [5.74, 6) is 0.124. The van der Waals surface area contributed by atoms with Gasteiger partial charge in [0.15, 0.2) is 6.23 Å². The van der Waals surface area contributed by atoms with Gasteiger partial charge >= 0.3 is 6.09 Å². The van der Waals surface area contributed by atoms with E-state index in [2.05, 4.69) is 28.6 Å². The third kappa shape index (κ3) is 4.28. The first-order valence-electron chi connectivity index (χ1n) is 9.47. The molecule has 0 aromatic heterocycles. The van der Waals surface area contributed by atoms with Gasteiger partial charge in [-0.05, 0) is 67.4 Å². The van der Waals surface area contributed by atoms with Crippen molar-refractivity contribution in [3.8, 4) is 0 Å². The maximum Gasteiger partial charge on any atom is 0.413 e. The van der Waals surface area contributed by atoms with Crippen LogP contribution in [0.5, 0.6) is 0 Å². The average Bonchev–Trinajstić information content (AvgIpc) is 3.15. The van der Waals surface area contributed by atoms with Gasteiger partial charge in [-0.3, -0.25) is 10.6 Å². The number of nitrogens with zero attached hydrogens (tertiary/aromatic N) is 1. The zero-order valence-electron chi connectivity index (χ0n) is 15.7. The number of fused-ring (bicyclic) bond motifs is 1. The van der Waals surface area contributed by atoms with Crippen molar-refractivity contribution in [3.63, 3.8) is 0 Å². The number of carbonyl (C=O) groups is 1. The highest BCUT2D eigenvalue weighted by atomic mass is 35.5. The molecule has 2 N–H and O–H groups in total. The first kappa shape index (κ1) is 19.5. The molecule has 2 atom stereocenters. The van der Waals surface area contributed by atoms with Crippen LogP contribution in [0, 0.1) is 0 Å². The van der Waals surface area contributed by atoms with Gasteiger partial charge in [0.25, 0.3) is 0 Å². The van der Waals surface area contributed by atoms with Crippen LogP contribution in [0.25, 0.3) is 0 Å². The van der Waals surface area contributed by atoms with Crippen LogP contribution in [0.2, 0.25) is 10.0 Å². The molecule has 7 heteroatoms. The van der Waals surface area contributed by atoms with Gasteiger partial charge in [-0.25, -0.2) is 4.79 Å². The quantitative estimate of drug-likeness (QED) is 0.747. The van der Waals surface area contributed by atoms with Crippen LogP contribution in [0.3, 0.4) is 0 Å². The van der Waals surface area contributed by atoms with E-state index in [1.165, 1.54) is 0 Å². The zero-order valence-corrected chi connectivity index (χ0v) is 17.2. The number of nitrogens with one attached hydrogen (secondary N) is 2. The summed E-state index contributed by atoms with van der Waals surface area (Å²) in [7, 11) is 2.08. The molecule has 2 aromatic carbocycles. The van der Waals surface area contributed by atoms with Gasteiger partial charge in [0.2, 0.25) is 0 Å². The lowest BCUT2D eigenvalue weighted by molar-refractivity contribution is 0.102. The summed E-state index contributed by atoms with van der Waals surface area (Å²) in [4.78, 5) is 14.4. The molecule has 1 saturated heterocycles. The second-order valence-corrected chi connectivity index (χ2v) is 8.29. The molecule has 0 radical (unpaired) electrons. The van der Waals surface area contributed by atoms with Crippen LogP contribution in [0.15, 0.2) is 36.4 Å². The minimum Gasteiger partial charge on any atom is -0.430 e. The van der Waals surface area contributed by atoms with Crippen LogP contribution in [-0.4, -0.2) is 37.4 Å². The van der Waals surface area contributed by atoms with Gasteiger partial charge in [0.05, 0.1) is 0 Å². The highest BCUT2D eigenvalue weighted by Gasteiger charge is 2.27. The number of rotatable bonds is 3. The van der Waals surface area contributed by atoms with Crippen LogP contribution in [-0.2, 0) is 11.3 Å². The first-order valence-corrected chi connectivity index (χ1v) is 10.2. The summed E-state index contributed by atoms with van der Waals surface area (Å²) >= 11 is 12.7. The minimum atomic E-state index is -0.441. The Morgan fingerprint density at radius 2 is 2.14 bits per heavy atom. The molecule has 148 valence electrons. The molecule has 0 aliphatic carbocycles. The minimum absolute atomic E-state index is 0.124. The van der Waals surface area contributed by atoms with Crippen molar-refractivity contribution >= 4 is 35.0 Å². The Balaban J connectivity index is 1.57. The molecule has 4 rings (SSSR count). The molecule has 2 unspecified atom stereocenters. The molecule has 1 fully saturated rings. The topological polar surface area (TPSA) is 53.6 Å².